The smallest absolute Gasteiger partial charge is 0.290 e. The lowest BCUT2D eigenvalue weighted by Crippen LogP contribution is -2.37. The van der Waals surface area contributed by atoms with Gasteiger partial charge in [0.05, 0.1) is 17.0 Å². The molecule has 1 unspecified atom stereocenters. The number of aryl methyl sites for hydroxylation is 1. The molecule has 2 aromatic carbocycles. The summed E-state index contributed by atoms with van der Waals surface area (Å²) in [6.45, 7) is 9.29. The van der Waals surface area contributed by atoms with Crippen LogP contribution in [0, 0.1) is 6.92 Å². The minimum absolute atomic E-state index is 0.113. The Morgan fingerprint density at radius 1 is 1.06 bits per heavy atom. The minimum Gasteiger partial charge on any atom is -0.450 e. The molecule has 1 aliphatic heterocycles. The molecule has 1 atom stereocenters. The molecule has 3 aromatic rings. The number of hydrogen-bond donors (Lipinski definition) is 0. The third-order valence-electron chi connectivity index (χ3n) is 6.10. The largest absolute Gasteiger partial charge is 0.450 e. The molecule has 4 rings (SSSR count). The highest BCUT2D eigenvalue weighted by atomic mass is 32.2. The highest BCUT2D eigenvalue weighted by molar-refractivity contribution is 7.98. The first-order chi connectivity index (χ1) is 15.0. The van der Waals surface area contributed by atoms with E-state index in [1.54, 1.807) is 22.7 Å². The fraction of sp³-hybridized carbons (Fsp3) is 0.360. The molecule has 5 nitrogen and oxygen atoms in total. The number of carbonyl (C=O) groups is 1. The van der Waals surface area contributed by atoms with E-state index in [-0.39, 0.29) is 17.1 Å². The summed E-state index contributed by atoms with van der Waals surface area (Å²) in [5.74, 6) is -0.0273. The van der Waals surface area contributed by atoms with E-state index in [2.05, 4.69) is 18.7 Å². The Morgan fingerprint density at radius 2 is 1.77 bits per heavy atom. The predicted octanol–water partition coefficient (Wildman–Crippen LogP) is 4.71. The van der Waals surface area contributed by atoms with Gasteiger partial charge in [0.25, 0.3) is 5.91 Å². The van der Waals surface area contributed by atoms with Crippen LogP contribution in [0.3, 0.4) is 0 Å². The predicted molar refractivity (Wildman–Crippen MR) is 126 cm³/mol. The molecule has 31 heavy (non-hydrogen) atoms. The van der Waals surface area contributed by atoms with Gasteiger partial charge in [-0.2, -0.15) is 0 Å². The van der Waals surface area contributed by atoms with E-state index in [4.69, 9.17) is 4.42 Å². The molecule has 0 fully saturated rings. The number of hydrogen-bond acceptors (Lipinski definition) is 5. The molecule has 1 aliphatic rings. The summed E-state index contributed by atoms with van der Waals surface area (Å²) in [7, 11) is 0. The average Bonchev–Trinajstić information content (AvgIpc) is 3.07. The summed E-state index contributed by atoms with van der Waals surface area (Å²) in [6, 6.07) is 13.2. The number of benzene rings is 2. The quantitative estimate of drug-likeness (QED) is 0.502. The Bertz CT molecular complexity index is 1170. The van der Waals surface area contributed by atoms with Gasteiger partial charge in [-0.05, 0) is 56.1 Å². The number of fused-ring (bicyclic) bond motifs is 2. The second-order valence-corrected chi connectivity index (χ2v) is 8.75. The van der Waals surface area contributed by atoms with Gasteiger partial charge in [-0.25, -0.2) is 0 Å². The van der Waals surface area contributed by atoms with Gasteiger partial charge in [-0.3, -0.25) is 9.59 Å². The Hall–Kier alpha value is -2.57. The van der Waals surface area contributed by atoms with Crippen molar-refractivity contribution in [1.29, 1.82) is 0 Å². The zero-order valence-electron chi connectivity index (χ0n) is 18.5. The van der Waals surface area contributed by atoms with E-state index in [0.29, 0.717) is 23.1 Å². The van der Waals surface area contributed by atoms with E-state index in [0.717, 1.165) is 35.7 Å². The van der Waals surface area contributed by atoms with Crippen molar-refractivity contribution in [3.8, 4) is 0 Å². The summed E-state index contributed by atoms with van der Waals surface area (Å²) >= 11 is 1.67. The standard InChI is InChI=1S/C25H28N2O3S/c1-5-26(6-2)13-14-27-22(17-8-10-18(31-4)11-9-17)21-23(28)19-15-16(3)7-12-20(19)30-24(21)25(27)29/h7-12,15,22H,5-6,13-14H2,1-4H3. The summed E-state index contributed by atoms with van der Waals surface area (Å²) in [5, 5.41) is 0.530. The Labute approximate surface area is 187 Å². The van der Waals surface area contributed by atoms with Crippen LogP contribution in [0.25, 0.3) is 11.0 Å². The molecule has 0 spiro atoms. The van der Waals surface area contributed by atoms with Crippen LogP contribution in [0.1, 0.15) is 47.1 Å². The number of thioether (sulfide) groups is 1. The van der Waals surface area contributed by atoms with Gasteiger partial charge in [0, 0.05) is 18.0 Å². The number of likely N-dealkylation sites (N-methyl/N-ethyl adjacent to an activating group) is 1. The van der Waals surface area contributed by atoms with Gasteiger partial charge in [0.1, 0.15) is 5.58 Å². The lowest BCUT2D eigenvalue weighted by Gasteiger charge is -2.28. The summed E-state index contributed by atoms with van der Waals surface area (Å²) in [6.07, 6.45) is 2.03. The van der Waals surface area contributed by atoms with Crippen molar-refractivity contribution in [2.45, 2.75) is 31.7 Å². The lowest BCUT2D eigenvalue weighted by atomic mass is 9.98. The SMILES string of the molecule is CCN(CC)CCN1C(=O)c2oc3ccc(C)cc3c(=O)c2C1c1ccc(SC)cc1. The van der Waals surface area contributed by atoms with E-state index in [1.807, 2.05) is 49.6 Å². The number of rotatable bonds is 7. The maximum atomic E-state index is 13.6. The van der Waals surface area contributed by atoms with Gasteiger partial charge < -0.3 is 14.2 Å². The van der Waals surface area contributed by atoms with Crippen LogP contribution >= 0.6 is 11.8 Å². The Balaban J connectivity index is 1.86. The first-order valence-corrected chi connectivity index (χ1v) is 12.0. The van der Waals surface area contributed by atoms with Crippen molar-refractivity contribution in [2.24, 2.45) is 0 Å². The maximum absolute atomic E-state index is 13.6. The van der Waals surface area contributed by atoms with Gasteiger partial charge in [-0.15, -0.1) is 11.8 Å². The number of nitrogens with zero attached hydrogens (tertiary/aromatic N) is 2. The molecular weight excluding hydrogens is 408 g/mol. The molecule has 0 N–H and O–H groups in total. The van der Waals surface area contributed by atoms with Crippen molar-refractivity contribution >= 4 is 28.6 Å². The third kappa shape index (κ3) is 3.90. The maximum Gasteiger partial charge on any atom is 0.290 e. The summed E-state index contributed by atoms with van der Waals surface area (Å²) in [4.78, 5) is 32.2. The molecule has 2 heterocycles. The topological polar surface area (TPSA) is 53.8 Å². The molecule has 0 bridgehead atoms. The first-order valence-electron chi connectivity index (χ1n) is 10.7. The summed E-state index contributed by atoms with van der Waals surface area (Å²) < 4.78 is 6.03. The van der Waals surface area contributed by atoms with Gasteiger partial charge in [0.15, 0.2) is 5.43 Å². The third-order valence-corrected chi connectivity index (χ3v) is 6.85. The summed E-state index contributed by atoms with van der Waals surface area (Å²) in [5.41, 5.74) is 2.73. The molecule has 0 radical (unpaired) electrons. The lowest BCUT2D eigenvalue weighted by molar-refractivity contribution is 0.0708. The van der Waals surface area contributed by atoms with E-state index in [9.17, 15) is 9.59 Å². The van der Waals surface area contributed by atoms with Crippen LogP contribution in [0.4, 0.5) is 0 Å². The molecule has 0 aliphatic carbocycles. The van der Waals surface area contributed by atoms with Gasteiger partial charge in [-0.1, -0.05) is 37.6 Å². The molecule has 1 aromatic heterocycles. The van der Waals surface area contributed by atoms with Crippen LogP contribution in [0.2, 0.25) is 0 Å². The van der Waals surface area contributed by atoms with Crippen molar-refractivity contribution in [3.63, 3.8) is 0 Å². The fourth-order valence-electron chi connectivity index (χ4n) is 4.29. The second kappa shape index (κ2) is 8.89. The average molecular weight is 437 g/mol. The molecule has 0 saturated heterocycles. The van der Waals surface area contributed by atoms with Crippen molar-refractivity contribution in [3.05, 3.63) is 75.1 Å². The zero-order chi connectivity index (χ0) is 22.1. The molecular formula is C25H28N2O3S. The van der Waals surface area contributed by atoms with E-state index >= 15 is 0 Å². The molecule has 1 amide bonds. The van der Waals surface area contributed by atoms with Gasteiger partial charge in [0.2, 0.25) is 5.76 Å². The second-order valence-electron chi connectivity index (χ2n) is 7.87. The normalized spacial score (nSPS) is 15.8. The molecule has 162 valence electrons. The van der Waals surface area contributed by atoms with Gasteiger partial charge >= 0.3 is 0 Å². The fourth-order valence-corrected chi connectivity index (χ4v) is 4.69. The van der Waals surface area contributed by atoms with E-state index in [1.165, 1.54) is 0 Å². The van der Waals surface area contributed by atoms with Crippen molar-refractivity contribution < 1.29 is 9.21 Å². The highest BCUT2D eigenvalue weighted by Crippen LogP contribution is 2.38. The van der Waals surface area contributed by atoms with Crippen LogP contribution in [0.15, 0.2) is 56.6 Å². The first kappa shape index (κ1) is 21.7. The minimum atomic E-state index is -0.435. The van der Waals surface area contributed by atoms with Crippen LogP contribution in [-0.4, -0.2) is 48.1 Å². The van der Waals surface area contributed by atoms with Crippen LogP contribution < -0.4 is 5.43 Å². The highest BCUT2D eigenvalue weighted by Gasteiger charge is 2.42. The van der Waals surface area contributed by atoms with E-state index < -0.39 is 6.04 Å². The van der Waals surface area contributed by atoms with Crippen molar-refractivity contribution in [1.82, 2.24) is 9.80 Å². The van der Waals surface area contributed by atoms with Crippen LogP contribution in [-0.2, 0) is 0 Å². The van der Waals surface area contributed by atoms with Crippen molar-refractivity contribution in [2.75, 3.05) is 32.4 Å². The number of amides is 1. The molecule has 0 saturated carbocycles. The Morgan fingerprint density at radius 3 is 2.42 bits per heavy atom. The Kier molecular flexibility index (Phi) is 6.21. The van der Waals surface area contributed by atoms with Crippen LogP contribution in [0.5, 0.6) is 0 Å². The number of carbonyl (C=O) groups excluding carboxylic acids is 1. The molecule has 6 heteroatoms. The zero-order valence-corrected chi connectivity index (χ0v) is 19.3. The monoisotopic (exact) mass is 436 g/mol.